The number of unbranched alkanes of at least 4 members (excludes halogenated alkanes) is 14. The van der Waals surface area contributed by atoms with Crippen LogP contribution < -0.4 is 5.32 Å². The van der Waals surface area contributed by atoms with Crippen LogP contribution in [0.3, 0.4) is 0 Å². The van der Waals surface area contributed by atoms with Crippen LogP contribution in [0.4, 0.5) is 5.69 Å². The van der Waals surface area contributed by atoms with Gasteiger partial charge in [-0.3, -0.25) is 4.79 Å². The average Bonchev–Trinajstić information content (AvgIpc) is 2.77. The van der Waals surface area contributed by atoms with Crippen molar-refractivity contribution >= 4 is 17.6 Å². The molecule has 176 valence electrons. The van der Waals surface area contributed by atoms with Crippen LogP contribution in [-0.2, 0) is 9.53 Å². The molecule has 0 bridgehead atoms. The van der Waals surface area contributed by atoms with Crippen LogP contribution in [0.25, 0.3) is 0 Å². The van der Waals surface area contributed by atoms with Gasteiger partial charge in [-0.25, -0.2) is 4.79 Å². The average molecular weight is 434 g/mol. The fraction of sp³-hybridized carbons (Fsp3) is 0.692. The molecule has 0 radical (unpaired) electrons. The van der Waals surface area contributed by atoms with Crippen molar-refractivity contribution in [2.24, 2.45) is 0 Å². The number of phenols is 1. The lowest BCUT2D eigenvalue weighted by atomic mass is 10.0. The lowest BCUT2D eigenvalue weighted by Gasteiger charge is -2.08. The van der Waals surface area contributed by atoms with Gasteiger partial charge in [-0.1, -0.05) is 96.8 Å². The second-order valence-corrected chi connectivity index (χ2v) is 8.47. The van der Waals surface area contributed by atoms with Crippen LogP contribution in [0, 0.1) is 0 Å². The predicted molar refractivity (Wildman–Crippen MR) is 128 cm³/mol. The number of carbonyl (C=O) groups is 2. The number of hydrogen-bond donors (Lipinski definition) is 2. The van der Waals surface area contributed by atoms with Crippen molar-refractivity contribution in [2.75, 3.05) is 12.4 Å². The Kier molecular flexibility index (Phi) is 15.3. The summed E-state index contributed by atoms with van der Waals surface area (Å²) < 4.78 is 4.61. The predicted octanol–water partition coefficient (Wildman–Crippen LogP) is 7.38. The van der Waals surface area contributed by atoms with E-state index in [4.69, 9.17) is 0 Å². The highest BCUT2D eigenvalue weighted by Gasteiger charge is 2.11. The van der Waals surface area contributed by atoms with Gasteiger partial charge in [-0.15, -0.1) is 0 Å². The van der Waals surface area contributed by atoms with Gasteiger partial charge < -0.3 is 15.2 Å². The monoisotopic (exact) mass is 433 g/mol. The number of rotatable bonds is 18. The Morgan fingerprint density at radius 2 is 1.29 bits per heavy atom. The van der Waals surface area contributed by atoms with Gasteiger partial charge in [0.1, 0.15) is 5.75 Å². The summed E-state index contributed by atoms with van der Waals surface area (Å²) in [6.45, 7) is 2.26. The highest BCUT2D eigenvalue weighted by Crippen LogP contribution is 2.25. The smallest absolute Gasteiger partial charge is 0.337 e. The van der Waals surface area contributed by atoms with Crippen molar-refractivity contribution in [2.45, 2.75) is 110 Å². The highest BCUT2D eigenvalue weighted by atomic mass is 16.5. The molecular weight excluding hydrogens is 390 g/mol. The van der Waals surface area contributed by atoms with Gasteiger partial charge in [-0.2, -0.15) is 0 Å². The Bertz CT molecular complexity index is 630. The topological polar surface area (TPSA) is 75.6 Å². The first-order valence-electron chi connectivity index (χ1n) is 12.3. The minimum absolute atomic E-state index is 0.115. The Hall–Kier alpha value is -2.04. The van der Waals surface area contributed by atoms with Crippen LogP contribution in [0.5, 0.6) is 5.75 Å². The van der Waals surface area contributed by atoms with Gasteiger partial charge in [-0.05, 0) is 24.6 Å². The molecule has 5 nitrogen and oxygen atoms in total. The van der Waals surface area contributed by atoms with Crippen LogP contribution in [0.1, 0.15) is 120 Å². The van der Waals surface area contributed by atoms with E-state index in [1.54, 1.807) is 0 Å². The van der Waals surface area contributed by atoms with Crippen LogP contribution in [0.15, 0.2) is 18.2 Å². The van der Waals surface area contributed by atoms with E-state index in [0.717, 1.165) is 12.8 Å². The molecule has 1 rings (SSSR count). The van der Waals surface area contributed by atoms with Gasteiger partial charge in [0.25, 0.3) is 0 Å². The number of hydrogen-bond acceptors (Lipinski definition) is 4. The second-order valence-electron chi connectivity index (χ2n) is 8.47. The molecule has 0 unspecified atom stereocenters. The molecule has 1 amide bonds. The molecule has 0 saturated carbocycles. The van der Waals surface area contributed by atoms with Gasteiger partial charge in [0.15, 0.2) is 0 Å². The molecule has 0 aliphatic carbocycles. The highest BCUT2D eigenvalue weighted by molar-refractivity contribution is 5.94. The van der Waals surface area contributed by atoms with Gasteiger partial charge in [0, 0.05) is 6.42 Å². The standard InChI is InChI=1S/C26H43NO4/c1-3-4-5-6-7-8-9-10-11-12-13-14-15-16-17-18-25(29)27-23-20-19-22(21-24(23)28)26(30)31-2/h19-21,28H,3-18H2,1-2H3,(H,27,29). The van der Waals surface area contributed by atoms with Crippen molar-refractivity contribution in [1.29, 1.82) is 0 Å². The molecule has 1 aromatic rings. The molecule has 0 spiro atoms. The maximum atomic E-state index is 12.1. The van der Waals surface area contributed by atoms with Crippen molar-refractivity contribution in [3.63, 3.8) is 0 Å². The Morgan fingerprint density at radius 3 is 1.74 bits per heavy atom. The minimum Gasteiger partial charge on any atom is -0.506 e. The first kappa shape index (κ1) is 27.0. The number of benzene rings is 1. The third-order valence-electron chi connectivity index (χ3n) is 5.70. The largest absolute Gasteiger partial charge is 0.506 e. The normalized spacial score (nSPS) is 10.8. The van der Waals surface area contributed by atoms with E-state index in [1.807, 2.05) is 0 Å². The van der Waals surface area contributed by atoms with E-state index in [9.17, 15) is 14.7 Å². The first-order valence-corrected chi connectivity index (χ1v) is 12.3. The zero-order valence-electron chi connectivity index (χ0n) is 19.7. The summed E-state index contributed by atoms with van der Waals surface area (Å²) in [5, 5.41) is 12.7. The minimum atomic E-state index is -0.522. The molecule has 5 heteroatoms. The van der Waals surface area contributed by atoms with Crippen LogP contribution in [0.2, 0.25) is 0 Å². The molecule has 0 fully saturated rings. The lowest BCUT2D eigenvalue weighted by molar-refractivity contribution is -0.116. The summed E-state index contributed by atoms with van der Waals surface area (Å²) in [6, 6.07) is 4.34. The van der Waals surface area contributed by atoms with E-state index in [1.165, 1.54) is 109 Å². The SMILES string of the molecule is CCCCCCCCCCCCCCCCCC(=O)Nc1ccc(C(=O)OC)cc1O. The first-order chi connectivity index (χ1) is 15.1. The molecule has 1 aromatic carbocycles. The lowest BCUT2D eigenvalue weighted by Crippen LogP contribution is -2.11. The van der Waals surface area contributed by atoms with E-state index < -0.39 is 5.97 Å². The molecule has 0 saturated heterocycles. The Morgan fingerprint density at radius 1 is 0.806 bits per heavy atom. The molecular formula is C26H43NO4. The zero-order chi connectivity index (χ0) is 22.7. The summed E-state index contributed by atoms with van der Waals surface area (Å²) in [5.74, 6) is -0.769. The summed E-state index contributed by atoms with van der Waals surface area (Å²) in [4.78, 5) is 23.5. The van der Waals surface area contributed by atoms with Crippen molar-refractivity contribution in [3.05, 3.63) is 23.8 Å². The van der Waals surface area contributed by atoms with E-state index >= 15 is 0 Å². The second kappa shape index (κ2) is 17.6. The molecule has 31 heavy (non-hydrogen) atoms. The quantitative estimate of drug-likeness (QED) is 0.144. The molecule has 0 aliphatic heterocycles. The van der Waals surface area contributed by atoms with E-state index in [2.05, 4.69) is 17.0 Å². The number of methoxy groups -OCH3 is 1. The molecule has 0 heterocycles. The number of esters is 1. The van der Waals surface area contributed by atoms with Crippen LogP contribution >= 0.6 is 0 Å². The van der Waals surface area contributed by atoms with E-state index in [-0.39, 0.29) is 17.2 Å². The number of carbonyl (C=O) groups excluding carboxylic acids is 2. The Labute approximate surface area is 189 Å². The maximum absolute atomic E-state index is 12.1. The Balaban J connectivity index is 1.98. The number of phenolic OH excluding ortho intramolecular Hbond substituents is 1. The summed E-state index contributed by atoms with van der Waals surface area (Å²) in [7, 11) is 1.28. The number of amides is 1. The van der Waals surface area contributed by atoms with Crippen molar-refractivity contribution < 1.29 is 19.4 Å². The van der Waals surface area contributed by atoms with Crippen molar-refractivity contribution in [1.82, 2.24) is 0 Å². The molecule has 0 atom stereocenters. The van der Waals surface area contributed by atoms with Crippen LogP contribution in [-0.4, -0.2) is 24.1 Å². The third-order valence-corrected chi connectivity index (χ3v) is 5.70. The fourth-order valence-corrected chi connectivity index (χ4v) is 3.75. The maximum Gasteiger partial charge on any atom is 0.337 e. The molecule has 0 aromatic heterocycles. The molecule has 2 N–H and O–H groups in total. The van der Waals surface area contributed by atoms with Crippen molar-refractivity contribution in [3.8, 4) is 5.75 Å². The zero-order valence-corrected chi connectivity index (χ0v) is 19.7. The number of anilines is 1. The number of nitrogens with one attached hydrogen (secondary N) is 1. The number of aromatic hydroxyl groups is 1. The molecule has 0 aliphatic rings. The summed E-state index contributed by atoms with van der Waals surface area (Å²) >= 11 is 0. The summed E-state index contributed by atoms with van der Waals surface area (Å²) in [5.41, 5.74) is 0.569. The van der Waals surface area contributed by atoms with E-state index in [0.29, 0.717) is 12.1 Å². The fourth-order valence-electron chi connectivity index (χ4n) is 3.75. The third kappa shape index (κ3) is 13.1. The summed E-state index contributed by atoms with van der Waals surface area (Å²) in [6.07, 6.45) is 19.9. The van der Waals surface area contributed by atoms with Gasteiger partial charge >= 0.3 is 5.97 Å². The van der Waals surface area contributed by atoms with Gasteiger partial charge in [0.05, 0.1) is 18.4 Å². The van der Waals surface area contributed by atoms with Gasteiger partial charge in [0.2, 0.25) is 5.91 Å². The number of ether oxygens (including phenoxy) is 1.